The Balaban J connectivity index is 1.03. The molecule has 1 atom stereocenters. The lowest BCUT2D eigenvalue weighted by molar-refractivity contribution is 0.0696. The van der Waals surface area contributed by atoms with Crippen LogP contribution < -0.4 is 20.1 Å². The number of carboxylic acid groups (broad SMARTS) is 1. The summed E-state index contributed by atoms with van der Waals surface area (Å²) < 4.78 is 12.1. The van der Waals surface area contributed by atoms with Gasteiger partial charge in [0.25, 0.3) is 0 Å². The maximum Gasteiger partial charge on any atom is 0.335 e. The molecule has 3 N–H and O–H groups in total. The molecule has 1 fully saturated rings. The second-order valence-corrected chi connectivity index (χ2v) is 12.0. The molecule has 220 valence electrons. The maximum atomic E-state index is 11.6. The van der Waals surface area contributed by atoms with Crippen molar-refractivity contribution in [2.24, 2.45) is 0 Å². The van der Waals surface area contributed by atoms with Crippen molar-refractivity contribution in [2.45, 2.75) is 56.7 Å². The molecule has 0 spiro atoms. The van der Waals surface area contributed by atoms with Crippen LogP contribution in [0.3, 0.4) is 0 Å². The van der Waals surface area contributed by atoms with Gasteiger partial charge in [-0.3, -0.25) is 0 Å². The Morgan fingerprint density at radius 3 is 2.30 bits per heavy atom. The van der Waals surface area contributed by atoms with Gasteiger partial charge in [0.15, 0.2) is 0 Å². The van der Waals surface area contributed by atoms with Gasteiger partial charge in [-0.15, -0.1) is 0 Å². The molecule has 1 heterocycles. The van der Waals surface area contributed by atoms with Gasteiger partial charge in [-0.1, -0.05) is 85.6 Å². The van der Waals surface area contributed by atoms with Crippen molar-refractivity contribution in [3.05, 3.63) is 130 Å². The van der Waals surface area contributed by atoms with Gasteiger partial charge in [0.1, 0.15) is 30.2 Å². The molecule has 4 aromatic carbocycles. The van der Waals surface area contributed by atoms with E-state index in [-0.39, 0.29) is 11.1 Å². The zero-order valence-electron chi connectivity index (χ0n) is 24.0. The van der Waals surface area contributed by atoms with Gasteiger partial charge in [-0.2, -0.15) is 0 Å². The highest BCUT2D eigenvalue weighted by atomic mass is 32.2. The van der Waals surface area contributed by atoms with Gasteiger partial charge in [-0.05, 0) is 88.9 Å². The molecule has 7 heteroatoms. The molecule has 43 heavy (non-hydrogen) atoms. The lowest BCUT2D eigenvalue weighted by Crippen LogP contribution is -2.28. The number of rotatable bonds is 11. The first-order valence-electron chi connectivity index (χ1n) is 14.9. The number of carbonyl (C=O) groups is 1. The third kappa shape index (κ3) is 7.54. The summed E-state index contributed by atoms with van der Waals surface area (Å²) >= 11 is 1.61. The summed E-state index contributed by atoms with van der Waals surface area (Å²) in [5.74, 6) is 1.05. The predicted molar refractivity (Wildman–Crippen MR) is 173 cm³/mol. The van der Waals surface area contributed by atoms with E-state index in [1.807, 2.05) is 42.5 Å². The monoisotopic (exact) mass is 592 g/mol. The zero-order valence-corrected chi connectivity index (χ0v) is 24.8. The van der Waals surface area contributed by atoms with Crippen LogP contribution in [0.2, 0.25) is 0 Å². The Hall–Kier alpha value is -4.36. The van der Waals surface area contributed by atoms with Crippen LogP contribution in [0.15, 0.2) is 102 Å². The second kappa shape index (κ2) is 13.7. The molecule has 6 rings (SSSR count). The van der Waals surface area contributed by atoms with Crippen molar-refractivity contribution in [1.82, 2.24) is 5.32 Å². The zero-order chi connectivity index (χ0) is 29.4. The topological polar surface area (TPSA) is 79.8 Å². The van der Waals surface area contributed by atoms with E-state index in [4.69, 9.17) is 9.47 Å². The molecule has 0 aromatic heterocycles. The number of ether oxygens (including phenoxy) is 2. The Morgan fingerprint density at radius 2 is 1.56 bits per heavy atom. The number of hydrogen-bond donors (Lipinski definition) is 3. The van der Waals surface area contributed by atoms with E-state index < -0.39 is 5.97 Å². The first kappa shape index (κ1) is 28.7. The predicted octanol–water partition coefficient (Wildman–Crippen LogP) is 8.62. The van der Waals surface area contributed by atoms with Crippen LogP contribution in [0.4, 0.5) is 5.69 Å². The quantitative estimate of drug-likeness (QED) is 0.161. The highest BCUT2D eigenvalue weighted by Crippen LogP contribution is 2.34. The standard InChI is InChI=1S/C36H36N2O4S/c39-35(40)30-17-20-32(34(21-30)42-23-25-7-3-1-4-8-25)37-36-38-33(24-43-36)29-15-18-31(19-16-29)41-22-26-11-13-28(14-12-26)27-9-5-2-6-10-27/h1,3-4,7-8,11-21,24,27,36-38H,2,5-6,9-10,22-23H2,(H,39,40). The lowest BCUT2D eigenvalue weighted by atomic mass is 9.84. The third-order valence-electron chi connectivity index (χ3n) is 7.99. The fourth-order valence-electron chi connectivity index (χ4n) is 5.56. The summed E-state index contributed by atoms with van der Waals surface area (Å²) in [6.45, 7) is 0.885. The first-order valence-corrected chi connectivity index (χ1v) is 15.8. The van der Waals surface area contributed by atoms with Crippen molar-refractivity contribution in [2.75, 3.05) is 5.32 Å². The Bertz CT molecular complexity index is 1550. The van der Waals surface area contributed by atoms with Crippen molar-refractivity contribution in [3.8, 4) is 11.5 Å². The molecule has 2 aliphatic rings. The van der Waals surface area contributed by atoms with Crippen LogP contribution in [0.25, 0.3) is 5.70 Å². The van der Waals surface area contributed by atoms with E-state index in [0.29, 0.717) is 19.0 Å². The van der Waals surface area contributed by atoms with E-state index >= 15 is 0 Å². The number of thioether (sulfide) groups is 1. The van der Waals surface area contributed by atoms with E-state index in [1.165, 1.54) is 43.2 Å². The molecular formula is C36H36N2O4S. The molecule has 4 aromatic rings. The Labute approximate surface area is 257 Å². The highest BCUT2D eigenvalue weighted by Gasteiger charge is 2.20. The van der Waals surface area contributed by atoms with Gasteiger partial charge in [0.05, 0.1) is 16.9 Å². The largest absolute Gasteiger partial charge is 0.489 e. The summed E-state index contributed by atoms with van der Waals surface area (Å²) in [4.78, 5) is 11.6. The minimum Gasteiger partial charge on any atom is -0.489 e. The average Bonchev–Trinajstić information content (AvgIpc) is 3.53. The molecule has 0 bridgehead atoms. The number of carboxylic acids is 1. The van der Waals surface area contributed by atoms with E-state index in [1.54, 1.807) is 30.0 Å². The first-order chi connectivity index (χ1) is 21.1. The molecule has 0 radical (unpaired) electrons. The van der Waals surface area contributed by atoms with Crippen LogP contribution in [-0.4, -0.2) is 16.6 Å². The normalized spacial score (nSPS) is 16.7. The maximum absolute atomic E-state index is 11.6. The van der Waals surface area contributed by atoms with Crippen LogP contribution >= 0.6 is 11.8 Å². The van der Waals surface area contributed by atoms with E-state index in [9.17, 15) is 9.90 Å². The van der Waals surface area contributed by atoms with Gasteiger partial charge in [0, 0.05) is 0 Å². The van der Waals surface area contributed by atoms with Gasteiger partial charge in [0.2, 0.25) is 0 Å². The molecular weight excluding hydrogens is 556 g/mol. The molecule has 1 aliphatic carbocycles. The molecule has 0 saturated heterocycles. The van der Waals surface area contributed by atoms with Crippen LogP contribution in [0, 0.1) is 0 Å². The van der Waals surface area contributed by atoms with Crippen molar-refractivity contribution in [1.29, 1.82) is 0 Å². The fourth-order valence-corrected chi connectivity index (χ4v) is 6.42. The summed E-state index contributed by atoms with van der Waals surface area (Å²) in [6, 6.07) is 31.8. The van der Waals surface area contributed by atoms with Gasteiger partial charge in [-0.25, -0.2) is 4.79 Å². The molecule has 6 nitrogen and oxygen atoms in total. The van der Waals surface area contributed by atoms with E-state index in [2.05, 4.69) is 52.4 Å². The van der Waals surface area contributed by atoms with Gasteiger partial charge < -0.3 is 25.2 Å². The third-order valence-corrected chi connectivity index (χ3v) is 8.87. The van der Waals surface area contributed by atoms with Crippen LogP contribution in [0.5, 0.6) is 11.5 Å². The SMILES string of the molecule is O=C(O)c1ccc(NC2NC(c3ccc(OCc4ccc(C5CCCCC5)cc4)cc3)=CS2)c(OCc2ccccc2)c1. The summed E-state index contributed by atoms with van der Waals surface area (Å²) in [5, 5.41) is 18.5. The molecule has 0 amide bonds. The lowest BCUT2D eigenvalue weighted by Gasteiger charge is -2.22. The minimum absolute atomic E-state index is 0.141. The van der Waals surface area contributed by atoms with E-state index in [0.717, 1.165) is 34.2 Å². The number of aromatic carboxylic acids is 1. The molecule has 1 aliphatic heterocycles. The smallest absolute Gasteiger partial charge is 0.335 e. The number of nitrogens with one attached hydrogen (secondary N) is 2. The summed E-state index contributed by atoms with van der Waals surface area (Å²) in [6.07, 6.45) is 6.70. The fraction of sp³-hybridized carbons (Fsp3) is 0.250. The number of benzene rings is 4. The molecule has 1 saturated carbocycles. The summed E-state index contributed by atoms with van der Waals surface area (Å²) in [7, 11) is 0. The van der Waals surface area contributed by atoms with Crippen molar-refractivity contribution >= 4 is 29.1 Å². The van der Waals surface area contributed by atoms with Gasteiger partial charge >= 0.3 is 5.97 Å². The summed E-state index contributed by atoms with van der Waals surface area (Å²) in [5.41, 5.74) is 6.46. The second-order valence-electron chi connectivity index (χ2n) is 11.0. The Kier molecular flexibility index (Phi) is 9.19. The van der Waals surface area contributed by atoms with Crippen molar-refractivity contribution in [3.63, 3.8) is 0 Å². The molecule has 1 unspecified atom stereocenters. The van der Waals surface area contributed by atoms with Crippen LogP contribution in [-0.2, 0) is 13.2 Å². The minimum atomic E-state index is -0.992. The van der Waals surface area contributed by atoms with Crippen molar-refractivity contribution < 1.29 is 19.4 Å². The number of anilines is 1. The Morgan fingerprint density at radius 1 is 0.837 bits per heavy atom. The van der Waals surface area contributed by atoms with Crippen LogP contribution in [0.1, 0.15) is 70.6 Å². The highest BCUT2D eigenvalue weighted by molar-refractivity contribution is 8.03. The number of hydrogen-bond acceptors (Lipinski definition) is 6. The average molecular weight is 593 g/mol.